The molecule has 2 aliphatic carbocycles. The van der Waals surface area contributed by atoms with Crippen LogP contribution in [0.15, 0.2) is 0 Å². The van der Waals surface area contributed by atoms with E-state index in [2.05, 4.69) is 5.32 Å². The maximum absolute atomic E-state index is 11.7. The fourth-order valence-corrected chi connectivity index (χ4v) is 2.56. The number of carbonyl (C=O) groups excluding carboxylic acids is 1. The van der Waals surface area contributed by atoms with Crippen LogP contribution in [0.5, 0.6) is 0 Å². The minimum Gasteiger partial charge on any atom is -0.352 e. The van der Waals surface area contributed by atoms with Gasteiger partial charge in [-0.2, -0.15) is 0 Å². The molecule has 2 saturated carbocycles. The van der Waals surface area contributed by atoms with E-state index in [0.29, 0.717) is 5.92 Å². The van der Waals surface area contributed by atoms with E-state index in [0.717, 1.165) is 19.3 Å². The largest absolute Gasteiger partial charge is 0.352 e. The summed E-state index contributed by atoms with van der Waals surface area (Å²) in [6.45, 7) is 0. The number of rotatable bonds is 3. The Bertz CT molecular complexity index is 226. The number of hydrogen-bond donors (Lipinski definition) is 2. The molecule has 3 N–H and O–H groups in total. The summed E-state index contributed by atoms with van der Waals surface area (Å²) >= 11 is 0. The maximum atomic E-state index is 11.7. The zero-order valence-corrected chi connectivity index (χ0v) is 9.37. The molecule has 2 rings (SSSR count). The van der Waals surface area contributed by atoms with E-state index in [-0.39, 0.29) is 18.0 Å². The fraction of sp³-hybridized carbons (Fsp3) is 0.917. The van der Waals surface area contributed by atoms with Gasteiger partial charge in [-0.1, -0.05) is 19.3 Å². The van der Waals surface area contributed by atoms with Crippen LogP contribution >= 0.6 is 0 Å². The van der Waals surface area contributed by atoms with Crippen molar-refractivity contribution < 1.29 is 4.79 Å². The van der Waals surface area contributed by atoms with Crippen LogP contribution in [0.1, 0.15) is 51.4 Å². The van der Waals surface area contributed by atoms with E-state index >= 15 is 0 Å². The second-order valence-electron chi connectivity index (χ2n) is 5.12. The molecule has 0 aromatic carbocycles. The topological polar surface area (TPSA) is 55.1 Å². The Morgan fingerprint density at radius 3 is 2.47 bits per heavy atom. The minimum atomic E-state index is 0.184. The Morgan fingerprint density at radius 2 is 1.87 bits per heavy atom. The molecule has 2 fully saturated rings. The third-order valence-electron chi connectivity index (χ3n) is 3.86. The second-order valence-corrected chi connectivity index (χ2v) is 5.12. The molecule has 3 heteroatoms. The van der Waals surface area contributed by atoms with Gasteiger partial charge in [0.15, 0.2) is 0 Å². The summed E-state index contributed by atoms with van der Waals surface area (Å²) in [6.07, 6.45) is 9.07. The fourth-order valence-electron chi connectivity index (χ4n) is 2.56. The average molecular weight is 210 g/mol. The van der Waals surface area contributed by atoms with Gasteiger partial charge in [0.25, 0.3) is 0 Å². The van der Waals surface area contributed by atoms with E-state index < -0.39 is 0 Å². The third kappa shape index (κ3) is 2.94. The van der Waals surface area contributed by atoms with Crippen LogP contribution in [0.4, 0.5) is 0 Å². The molecule has 0 unspecified atom stereocenters. The summed E-state index contributed by atoms with van der Waals surface area (Å²) in [5.41, 5.74) is 5.99. The lowest BCUT2D eigenvalue weighted by molar-refractivity contribution is -0.123. The Kier molecular flexibility index (Phi) is 3.62. The Balaban J connectivity index is 1.71. The molecule has 0 bridgehead atoms. The Labute approximate surface area is 91.8 Å². The van der Waals surface area contributed by atoms with E-state index in [1.807, 2.05) is 0 Å². The summed E-state index contributed by atoms with van der Waals surface area (Å²) in [4.78, 5) is 11.7. The van der Waals surface area contributed by atoms with Gasteiger partial charge in [0.2, 0.25) is 5.91 Å². The number of carbonyl (C=O) groups is 1. The zero-order valence-electron chi connectivity index (χ0n) is 9.37. The average Bonchev–Trinajstić information content (AvgIpc) is 2.16. The van der Waals surface area contributed by atoms with Gasteiger partial charge in [0.1, 0.15) is 0 Å². The first-order valence-corrected chi connectivity index (χ1v) is 6.30. The van der Waals surface area contributed by atoms with Crippen molar-refractivity contribution in [3.63, 3.8) is 0 Å². The van der Waals surface area contributed by atoms with Crippen molar-refractivity contribution in [1.29, 1.82) is 0 Å². The van der Waals surface area contributed by atoms with Crippen molar-refractivity contribution in [2.24, 2.45) is 11.7 Å². The summed E-state index contributed by atoms with van der Waals surface area (Å²) in [5.74, 6) is 0.881. The van der Waals surface area contributed by atoms with Gasteiger partial charge in [-0.05, 0) is 31.6 Å². The first kappa shape index (κ1) is 10.9. The first-order valence-electron chi connectivity index (χ1n) is 6.30. The van der Waals surface area contributed by atoms with E-state index in [9.17, 15) is 4.79 Å². The molecule has 3 nitrogen and oxygen atoms in total. The monoisotopic (exact) mass is 210 g/mol. The molecule has 1 amide bonds. The molecule has 0 aromatic heterocycles. The standard InChI is InChI=1S/C12H22N2O/c13-10-6-1-2-7-11(10)14-12(15)8-9-4-3-5-9/h9-11H,1-8,13H2,(H,14,15)/t10-,11-/m1/s1. The summed E-state index contributed by atoms with van der Waals surface area (Å²) in [7, 11) is 0. The Hall–Kier alpha value is -0.570. The van der Waals surface area contributed by atoms with Crippen LogP contribution in [-0.2, 0) is 4.79 Å². The molecule has 2 aliphatic rings. The molecule has 0 spiro atoms. The zero-order chi connectivity index (χ0) is 10.7. The highest BCUT2D eigenvalue weighted by molar-refractivity contribution is 5.76. The summed E-state index contributed by atoms with van der Waals surface area (Å²) in [6, 6.07) is 0.426. The van der Waals surface area contributed by atoms with E-state index in [1.165, 1.54) is 32.1 Å². The van der Waals surface area contributed by atoms with Gasteiger partial charge in [0, 0.05) is 18.5 Å². The second kappa shape index (κ2) is 4.97. The smallest absolute Gasteiger partial charge is 0.220 e. The van der Waals surface area contributed by atoms with Crippen LogP contribution in [-0.4, -0.2) is 18.0 Å². The molecule has 15 heavy (non-hydrogen) atoms. The number of amides is 1. The van der Waals surface area contributed by atoms with Gasteiger partial charge in [-0.3, -0.25) is 4.79 Å². The lowest BCUT2D eigenvalue weighted by Gasteiger charge is -2.31. The molecular formula is C12H22N2O. The molecule has 0 radical (unpaired) electrons. The van der Waals surface area contributed by atoms with Crippen molar-refractivity contribution in [2.75, 3.05) is 0 Å². The van der Waals surface area contributed by atoms with Gasteiger partial charge in [-0.15, -0.1) is 0 Å². The van der Waals surface area contributed by atoms with Crippen molar-refractivity contribution in [1.82, 2.24) is 5.32 Å². The first-order chi connectivity index (χ1) is 7.25. The number of nitrogens with one attached hydrogen (secondary N) is 1. The highest BCUT2D eigenvalue weighted by Crippen LogP contribution is 2.29. The third-order valence-corrected chi connectivity index (χ3v) is 3.86. The number of hydrogen-bond acceptors (Lipinski definition) is 2. The van der Waals surface area contributed by atoms with Crippen molar-refractivity contribution in [3.8, 4) is 0 Å². The van der Waals surface area contributed by atoms with Crippen LogP contribution in [0.3, 0.4) is 0 Å². The quantitative estimate of drug-likeness (QED) is 0.742. The van der Waals surface area contributed by atoms with Crippen molar-refractivity contribution >= 4 is 5.91 Å². The molecule has 0 aliphatic heterocycles. The lowest BCUT2D eigenvalue weighted by Crippen LogP contribution is -2.49. The molecule has 2 atom stereocenters. The van der Waals surface area contributed by atoms with Gasteiger partial charge in [-0.25, -0.2) is 0 Å². The van der Waals surface area contributed by atoms with Crippen LogP contribution in [0, 0.1) is 5.92 Å². The molecule has 86 valence electrons. The maximum Gasteiger partial charge on any atom is 0.220 e. The number of nitrogens with two attached hydrogens (primary N) is 1. The normalized spacial score (nSPS) is 32.1. The molecule has 0 aromatic rings. The van der Waals surface area contributed by atoms with E-state index in [1.54, 1.807) is 0 Å². The molecule has 0 saturated heterocycles. The highest BCUT2D eigenvalue weighted by Gasteiger charge is 2.25. The van der Waals surface area contributed by atoms with Crippen molar-refractivity contribution in [2.45, 2.75) is 63.5 Å². The van der Waals surface area contributed by atoms with Crippen LogP contribution < -0.4 is 11.1 Å². The SMILES string of the molecule is N[C@@H]1CCCC[C@H]1NC(=O)CC1CCC1. The molecule has 0 heterocycles. The Morgan fingerprint density at radius 1 is 1.13 bits per heavy atom. The highest BCUT2D eigenvalue weighted by atomic mass is 16.1. The van der Waals surface area contributed by atoms with Crippen LogP contribution in [0.2, 0.25) is 0 Å². The molecular weight excluding hydrogens is 188 g/mol. The minimum absolute atomic E-state index is 0.184. The summed E-state index contributed by atoms with van der Waals surface area (Å²) in [5, 5.41) is 3.10. The van der Waals surface area contributed by atoms with Gasteiger partial charge < -0.3 is 11.1 Å². The van der Waals surface area contributed by atoms with E-state index in [4.69, 9.17) is 5.73 Å². The lowest BCUT2D eigenvalue weighted by atomic mass is 9.82. The summed E-state index contributed by atoms with van der Waals surface area (Å²) < 4.78 is 0. The van der Waals surface area contributed by atoms with Gasteiger partial charge in [0.05, 0.1) is 0 Å². The van der Waals surface area contributed by atoms with Gasteiger partial charge >= 0.3 is 0 Å². The van der Waals surface area contributed by atoms with Crippen LogP contribution in [0.25, 0.3) is 0 Å². The predicted octanol–water partition coefficient (Wildman–Crippen LogP) is 1.56. The van der Waals surface area contributed by atoms with Crippen molar-refractivity contribution in [3.05, 3.63) is 0 Å². The predicted molar refractivity (Wildman–Crippen MR) is 60.3 cm³/mol.